The van der Waals surface area contributed by atoms with E-state index < -0.39 is 5.09 Å². The molecule has 0 aromatic rings. The zero-order valence-corrected chi connectivity index (χ0v) is 6.38. The summed E-state index contributed by atoms with van der Waals surface area (Å²) < 4.78 is 0. The summed E-state index contributed by atoms with van der Waals surface area (Å²) in [6, 6.07) is 0. The molecule has 2 N–H and O–H groups in total. The van der Waals surface area contributed by atoms with Crippen LogP contribution in [0.15, 0.2) is 0 Å². The van der Waals surface area contributed by atoms with E-state index in [1.807, 2.05) is 0 Å². The summed E-state index contributed by atoms with van der Waals surface area (Å²) in [5, 5.41) is 14.8. The summed E-state index contributed by atoms with van der Waals surface area (Å²) in [5.74, 6) is 0. The van der Waals surface area contributed by atoms with E-state index in [1.54, 1.807) is 0 Å². The normalized spacial score (nSPS) is 4.00. The second-order valence-electron chi connectivity index (χ2n) is 0.224. The van der Waals surface area contributed by atoms with Crippen LogP contribution in [-0.2, 0) is 0 Å². The molecule has 0 aromatic carbocycles. The van der Waals surface area contributed by atoms with Crippen LogP contribution < -0.4 is 0 Å². The molecule has 0 spiro atoms. The van der Waals surface area contributed by atoms with Gasteiger partial charge in [0.2, 0.25) is 0 Å². The molecule has 6 heteroatoms. The molecule has 0 fully saturated rings. The van der Waals surface area contributed by atoms with Gasteiger partial charge in [-0.15, -0.1) is 0 Å². The predicted molar refractivity (Wildman–Crippen MR) is 14.0 cm³/mol. The number of hydrogen-bond donors (Lipinski definition) is 0. The molecule has 0 rings (SSSR count). The molecule has 0 aromatic heterocycles. The van der Waals surface area contributed by atoms with Gasteiger partial charge >= 0.3 is 35.6 Å². The van der Waals surface area contributed by atoms with Crippen molar-refractivity contribution in [2.75, 3.05) is 0 Å². The minimum absolute atomic E-state index is 0. The van der Waals surface area contributed by atoms with E-state index in [2.05, 4.69) is 0 Å². The van der Waals surface area contributed by atoms with Gasteiger partial charge in [0.15, 0.2) is 0 Å². The monoisotopic (exact) mass is 219 g/mol. The molecule has 0 atom stereocenters. The first kappa shape index (κ1) is 16.2. The predicted octanol–water partition coefficient (Wildman–Crippen LogP) is -1.06. The molecule has 0 saturated heterocycles. The maximum absolute atomic E-state index is 8.25. The van der Waals surface area contributed by atoms with E-state index in [1.165, 1.54) is 0 Å². The van der Waals surface area contributed by atoms with Crippen LogP contribution in [0, 0.1) is 50.9 Å². The van der Waals surface area contributed by atoms with Gasteiger partial charge in [-0.25, -0.2) is 0 Å². The SMILES string of the molecule is O.O=[N+]([O-])[O-].[La+3]. The molecule has 0 aliphatic carbocycles. The molecule has 0 bridgehead atoms. The van der Waals surface area contributed by atoms with E-state index in [0.29, 0.717) is 0 Å². The minimum Gasteiger partial charge on any atom is -0.412 e. The average Bonchev–Trinajstić information content (AvgIpc) is 0.811. The second-order valence-corrected chi connectivity index (χ2v) is 0.224. The third kappa shape index (κ3) is 389. The van der Waals surface area contributed by atoms with Crippen LogP contribution in [0.4, 0.5) is 0 Å². The van der Waals surface area contributed by atoms with Gasteiger partial charge in [-0.05, 0) is 0 Å². The second kappa shape index (κ2) is 9.02. The van der Waals surface area contributed by atoms with Crippen molar-refractivity contribution in [1.82, 2.24) is 0 Å². The van der Waals surface area contributed by atoms with Gasteiger partial charge in [-0.3, -0.25) is 0 Å². The number of nitrogens with zero attached hydrogens (tertiary/aromatic N) is 1. The summed E-state index contributed by atoms with van der Waals surface area (Å²) >= 11 is 0. The Hall–Kier alpha value is 0.355. The third-order valence-corrected chi connectivity index (χ3v) is 0. The van der Waals surface area contributed by atoms with E-state index in [9.17, 15) is 0 Å². The fraction of sp³-hybridized carbons (Fsp3) is 0. The van der Waals surface area contributed by atoms with Crippen LogP contribution in [0.2, 0.25) is 0 Å². The Morgan fingerprint density at radius 2 is 1.33 bits per heavy atom. The number of rotatable bonds is 0. The first-order valence-corrected chi connectivity index (χ1v) is 0.548. The molecule has 0 heterocycles. The van der Waals surface area contributed by atoms with Crippen molar-refractivity contribution in [3.05, 3.63) is 15.3 Å². The summed E-state index contributed by atoms with van der Waals surface area (Å²) in [6.07, 6.45) is 0. The Morgan fingerprint density at radius 1 is 1.33 bits per heavy atom. The Kier molecular flexibility index (Phi) is 24.3. The summed E-state index contributed by atoms with van der Waals surface area (Å²) in [5.41, 5.74) is 0. The molecule has 32 valence electrons. The zero-order valence-electron chi connectivity index (χ0n) is 2.75. The van der Waals surface area contributed by atoms with Gasteiger partial charge in [0, 0.05) is 0 Å². The first-order chi connectivity index (χ1) is 1.73. The van der Waals surface area contributed by atoms with Crippen LogP contribution >= 0.6 is 0 Å². The largest absolute Gasteiger partial charge is 3.00 e. The van der Waals surface area contributed by atoms with E-state index in [0.717, 1.165) is 0 Å². The molecule has 0 aliphatic rings. The van der Waals surface area contributed by atoms with Crippen molar-refractivity contribution in [3.63, 3.8) is 0 Å². The van der Waals surface area contributed by atoms with Gasteiger partial charge in [-0.2, -0.15) is 0 Å². The van der Waals surface area contributed by atoms with Crippen molar-refractivity contribution in [1.29, 1.82) is 0 Å². The summed E-state index contributed by atoms with van der Waals surface area (Å²) in [4.78, 5) is 8.25. The van der Waals surface area contributed by atoms with Gasteiger partial charge in [0.1, 0.15) is 0 Å². The van der Waals surface area contributed by atoms with Crippen molar-refractivity contribution < 1.29 is 46.2 Å². The minimum atomic E-state index is -1.75. The Morgan fingerprint density at radius 3 is 1.33 bits per heavy atom. The van der Waals surface area contributed by atoms with Gasteiger partial charge in [0.05, 0.1) is 5.09 Å². The van der Waals surface area contributed by atoms with Gasteiger partial charge in [-0.1, -0.05) is 0 Å². The van der Waals surface area contributed by atoms with Crippen LogP contribution in [0.3, 0.4) is 0 Å². The first-order valence-electron chi connectivity index (χ1n) is 0.548. The van der Waals surface area contributed by atoms with Crippen LogP contribution in [0.25, 0.3) is 0 Å². The average molecular weight is 219 g/mol. The summed E-state index contributed by atoms with van der Waals surface area (Å²) in [7, 11) is 0. The fourth-order valence-corrected chi connectivity index (χ4v) is 0. The molecule has 0 saturated carbocycles. The zero-order chi connectivity index (χ0) is 3.58. The quantitative estimate of drug-likeness (QED) is 0.383. The van der Waals surface area contributed by atoms with Gasteiger partial charge in [0.25, 0.3) is 0 Å². The van der Waals surface area contributed by atoms with Crippen LogP contribution in [0.5, 0.6) is 0 Å². The Balaban J connectivity index is -0.0000000450. The molecular weight excluding hydrogens is 217 g/mol. The molecule has 5 nitrogen and oxygen atoms in total. The van der Waals surface area contributed by atoms with E-state index in [4.69, 9.17) is 15.3 Å². The summed E-state index contributed by atoms with van der Waals surface area (Å²) in [6.45, 7) is 0. The molecule has 0 aliphatic heterocycles. The molecule has 6 heavy (non-hydrogen) atoms. The fourth-order valence-electron chi connectivity index (χ4n) is 0. The maximum Gasteiger partial charge on any atom is 3.00 e. The smallest absolute Gasteiger partial charge is 0.412 e. The van der Waals surface area contributed by atoms with E-state index >= 15 is 0 Å². The van der Waals surface area contributed by atoms with Crippen molar-refractivity contribution in [3.8, 4) is 0 Å². The Labute approximate surface area is 61.4 Å². The maximum atomic E-state index is 8.25. The molecule has 0 amide bonds. The van der Waals surface area contributed by atoms with Gasteiger partial charge < -0.3 is 20.8 Å². The van der Waals surface area contributed by atoms with Crippen molar-refractivity contribution >= 4 is 0 Å². The topological polar surface area (TPSA) is 97.7 Å². The number of hydrogen-bond acceptors (Lipinski definition) is 3. The molecular formula is H2LaNO4+2. The van der Waals surface area contributed by atoms with Crippen LogP contribution in [-0.4, -0.2) is 10.6 Å². The van der Waals surface area contributed by atoms with Crippen molar-refractivity contribution in [2.45, 2.75) is 0 Å². The standard InChI is InChI=1S/La.NO3.H2O/c;2-1(3)4;/h;;1H2/q+3;-1;. The van der Waals surface area contributed by atoms with Crippen molar-refractivity contribution in [2.24, 2.45) is 0 Å². The third-order valence-electron chi connectivity index (χ3n) is 0. The molecule has 0 radical (unpaired) electrons. The van der Waals surface area contributed by atoms with E-state index in [-0.39, 0.29) is 41.1 Å². The Bertz CT molecular complexity index is 30.5. The molecule has 0 unspecified atom stereocenters. The van der Waals surface area contributed by atoms with Crippen LogP contribution in [0.1, 0.15) is 0 Å².